The van der Waals surface area contributed by atoms with Crippen molar-refractivity contribution in [1.29, 1.82) is 0 Å². The molecule has 0 aliphatic heterocycles. The molecule has 92 heavy (non-hydrogen) atoms. The maximum Gasteiger partial charge on any atom is 0.305 e. The van der Waals surface area contributed by atoms with Crippen LogP contribution in [-0.4, -0.2) is 211 Å². The molecule has 10 atom stereocenters. The van der Waals surface area contributed by atoms with Crippen molar-refractivity contribution < 1.29 is 63.0 Å². The SMILES string of the molecule is CC(=O)N[C@@H](CCCN=C(N)N)C(=O)N[C@@H](CC(=O)O)C(=O)N[C@@H](CCCN=C(N)N)C(=O)N[C@@H](CCCN=C(N)N)C(=O)N[C@@H](CCCN=C(N)N)C(=O)N[C@@H](CCCCN)C(=O)N[C@@H](CCCCN)C(=O)N[C@@H](CCCN=C(N)N)C(=O)N[C@H](C(N)=O)[C@@H](C)O. The Morgan fingerprint density at radius 1 is 0.337 bits per heavy atom. The van der Waals surface area contributed by atoms with Crippen LogP contribution in [0.2, 0.25) is 0 Å². The van der Waals surface area contributed by atoms with E-state index in [1.807, 2.05) is 0 Å². The van der Waals surface area contributed by atoms with Gasteiger partial charge < -0.3 is 133 Å². The lowest BCUT2D eigenvalue weighted by Crippen LogP contribution is -2.60. The summed E-state index contributed by atoms with van der Waals surface area (Å²) in [5, 5.41) is 42.6. The Morgan fingerprint density at radius 2 is 0.554 bits per heavy atom. The van der Waals surface area contributed by atoms with Crippen molar-refractivity contribution in [2.45, 2.75) is 183 Å². The standard InChI is InChI=1S/C52H101N27O13/c1-27(80)38(39(55)84)79-46(91)35(18-11-25-70-52(64)65)76-42(87)31(13-4-6-20-54)72-41(86)30(12-3-5-19-53)73-43(88)32(15-8-22-67-49(58)59)74-44(89)33(16-9-23-68-50(60)61)75-45(90)34(17-10-24-69-51(62)63)77-47(92)36(26-37(82)83)78-40(85)29(71-28(2)81)14-7-21-66-48(56)57/h27,29-36,38,80H,3-26,53-54H2,1-2H3,(H2,55,84)(H,71,81)(H,72,86)(H,73,88)(H,74,89)(H,75,90)(H,76,87)(H,77,92)(H,78,85)(H,79,91)(H,82,83)(H4,56,57,66)(H4,58,59,67)(H4,60,61,68)(H4,62,63,69)(H4,64,65,70)/t27-,29+,30+,31+,32+,33+,34+,35+,36+,38+/m1/s1. The summed E-state index contributed by atoms with van der Waals surface area (Å²) in [5.41, 5.74) is 71.9. The average Bonchev–Trinajstić information content (AvgIpc) is 1.24. The van der Waals surface area contributed by atoms with Crippen LogP contribution in [0.1, 0.15) is 123 Å². The number of nitrogens with zero attached hydrogens (tertiary/aromatic N) is 5. The highest BCUT2D eigenvalue weighted by Crippen LogP contribution is 2.12. The fraction of sp³-hybridized carbons (Fsp3) is 0.692. The fourth-order valence-electron chi connectivity index (χ4n) is 8.60. The Hall–Kier alpha value is -9.60. The Balaban J connectivity index is 7.49. The van der Waals surface area contributed by atoms with Crippen LogP contribution in [0.3, 0.4) is 0 Å². The number of aliphatic hydroxyl groups excluding tert-OH is 1. The molecule has 37 N–H and O–H groups in total. The van der Waals surface area contributed by atoms with Gasteiger partial charge in [-0.05, 0) is 123 Å². The quantitative estimate of drug-likeness (QED) is 0.0153. The Morgan fingerprint density at radius 3 is 0.761 bits per heavy atom. The van der Waals surface area contributed by atoms with E-state index >= 15 is 0 Å². The summed E-state index contributed by atoms with van der Waals surface area (Å²) >= 11 is 0. The number of carbonyl (C=O) groups is 11. The molecule has 40 heteroatoms. The first-order valence-electron chi connectivity index (χ1n) is 29.9. The Kier molecular flexibility index (Phi) is 41.6. The molecule has 0 bridgehead atoms. The van der Waals surface area contributed by atoms with E-state index in [0.717, 1.165) is 6.92 Å². The van der Waals surface area contributed by atoms with Gasteiger partial charge in [0.15, 0.2) is 29.8 Å². The Bertz CT molecular complexity index is 2530. The summed E-state index contributed by atoms with van der Waals surface area (Å²) < 4.78 is 0. The second kappa shape index (κ2) is 46.5. The lowest BCUT2D eigenvalue weighted by Gasteiger charge is -2.28. The molecule has 0 spiro atoms. The lowest BCUT2D eigenvalue weighted by atomic mass is 10.0. The highest BCUT2D eigenvalue weighted by molar-refractivity contribution is 5.99. The largest absolute Gasteiger partial charge is 0.481 e. The number of hydrogen-bond donors (Lipinski definition) is 24. The van der Waals surface area contributed by atoms with Crippen molar-refractivity contribution in [2.24, 2.45) is 99.5 Å². The van der Waals surface area contributed by atoms with E-state index in [1.165, 1.54) is 6.92 Å². The molecule has 0 aromatic heterocycles. The third-order valence-electron chi connectivity index (χ3n) is 13.2. The lowest BCUT2D eigenvalue weighted by molar-refractivity contribution is -0.141. The van der Waals surface area contributed by atoms with E-state index in [4.69, 9.17) is 74.5 Å². The molecule has 0 aliphatic rings. The van der Waals surface area contributed by atoms with Gasteiger partial charge in [0.05, 0.1) is 12.5 Å². The van der Waals surface area contributed by atoms with E-state index in [-0.39, 0.29) is 166 Å². The van der Waals surface area contributed by atoms with Gasteiger partial charge >= 0.3 is 5.97 Å². The topological polar surface area (TPSA) is 737 Å². The van der Waals surface area contributed by atoms with E-state index in [2.05, 4.69) is 72.8 Å². The van der Waals surface area contributed by atoms with Gasteiger partial charge in [0, 0.05) is 39.6 Å². The smallest absolute Gasteiger partial charge is 0.305 e. The number of rotatable bonds is 49. The zero-order valence-electron chi connectivity index (χ0n) is 52.4. The van der Waals surface area contributed by atoms with E-state index in [9.17, 15) is 63.0 Å². The number of aliphatic carboxylic acids is 1. The normalized spacial score (nSPS) is 14.0. The zero-order chi connectivity index (χ0) is 69.9. The number of nitrogens with one attached hydrogen (secondary N) is 9. The van der Waals surface area contributed by atoms with Gasteiger partial charge in [-0.15, -0.1) is 0 Å². The van der Waals surface area contributed by atoms with Gasteiger partial charge in [0.2, 0.25) is 59.1 Å². The van der Waals surface area contributed by atoms with Crippen LogP contribution in [-0.2, 0) is 52.7 Å². The number of carboxylic acids is 1. The van der Waals surface area contributed by atoms with Gasteiger partial charge in [-0.25, -0.2) is 0 Å². The molecule has 40 nitrogen and oxygen atoms in total. The Labute approximate surface area is 533 Å². The summed E-state index contributed by atoms with van der Waals surface area (Å²) in [7, 11) is 0. The maximum absolute atomic E-state index is 14.6. The molecule has 0 fully saturated rings. The summed E-state index contributed by atoms with van der Waals surface area (Å²) in [6, 6.07) is -13.7. The second-order valence-corrected chi connectivity index (χ2v) is 21.2. The number of hydrogen-bond acceptors (Lipinski definition) is 19. The van der Waals surface area contributed by atoms with E-state index in [1.54, 1.807) is 0 Å². The first kappa shape index (κ1) is 82.4. The van der Waals surface area contributed by atoms with Gasteiger partial charge in [-0.2, -0.15) is 0 Å². The third-order valence-corrected chi connectivity index (χ3v) is 13.2. The number of nitrogens with two attached hydrogens (primary N) is 13. The second-order valence-electron chi connectivity index (χ2n) is 21.2. The summed E-state index contributed by atoms with van der Waals surface area (Å²) in [6.07, 6.45) is -1.83. The van der Waals surface area contributed by atoms with E-state index < -0.39 is 132 Å². The minimum atomic E-state index is -1.86. The molecule has 0 saturated heterocycles. The molecule has 0 radical (unpaired) electrons. The number of guanidine groups is 5. The molecule has 0 aromatic carbocycles. The first-order chi connectivity index (χ1) is 43.3. The number of primary amides is 1. The molecule has 0 rings (SSSR count). The molecule has 522 valence electrons. The maximum atomic E-state index is 14.6. The van der Waals surface area contributed by atoms with Crippen molar-refractivity contribution in [1.82, 2.24) is 47.9 Å². The van der Waals surface area contributed by atoms with Crippen molar-refractivity contribution >= 4 is 94.8 Å². The first-order valence-corrected chi connectivity index (χ1v) is 29.9. The van der Waals surface area contributed by atoms with Gasteiger partial charge in [0.1, 0.15) is 54.4 Å². The predicted molar refractivity (Wildman–Crippen MR) is 342 cm³/mol. The van der Waals surface area contributed by atoms with Crippen molar-refractivity contribution in [3.8, 4) is 0 Å². The molecule has 0 saturated carbocycles. The monoisotopic (exact) mass is 1310 g/mol. The van der Waals surface area contributed by atoms with Gasteiger partial charge in [0.25, 0.3) is 0 Å². The minimum absolute atomic E-state index is 0.00570. The summed E-state index contributed by atoms with van der Waals surface area (Å²) in [5.74, 6) is -12.5. The van der Waals surface area contributed by atoms with Crippen molar-refractivity contribution in [3.05, 3.63) is 0 Å². The number of aliphatic imine (C=N–C) groups is 5. The number of carbonyl (C=O) groups excluding carboxylic acids is 10. The predicted octanol–water partition coefficient (Wildman–Crippen LogP) is -10.8. The number of carboxylic acid groups (broad SMARTS) is 1. The van der Waals surface area contributed by atoms with Gasteiger partial charge in [-0.1, -0.05) is 0 Å². The van der Waals surface area contributed by atoms with Crippen LogP contribution in [0.4, 0.5) is 0 Å². The highest BCUT2D eigenvalue weighted by Gasteiger charge is 2.36. The van der Waals surface area contributed by atoms with Crippen LogP contribution in [0, 0.1) is 0 Å². The summed E-state index contributed by atoms with van der Waals surface area (Å²) in [6.45, 7) is 2.55. The number of amides is 10. The zero-order valence-corrected chi connectivity index (χ0v) is 52.4. The van der Waals surface area contributed by atoms with Gasteiger partial charge in [-0.3, -0.25) is 77.7 Å². The van der Waals surface area contributed by atoms with Crippen LogP contribution in [0.15, 0.2) is 25.0 Å². The molecule has 0 unspecified atom stereocenters. The highest BCUT2D eigenvalue weighted by atomic mass is 16.4. The molecule has 0 aromatic rings. The van der Waals surface area contributed by atoms with Crippen LogP contribution in [0.25, 0.3) is 0 Å². The number of aliphatic hydroxyl groups is 1. The van der Waals surface area contributed by atoms with Crippen molar-refractivity contribution in [2.75, 3.05) is 45.8 Å². The molecule has 0 aliphatic carbocycles. The minimum Gasteiger partial charge on any atom is -0.481 e. The molecule has 0 heterocycles. The average molecular weight is 1310 g/mol. The molecular weight excluding hydrogens is 1210 g/mol. The molecule has 10 amide bonds. The fourth-order valence-corrected chi connectivity index (χ4v) is 8.60. The van der Waals surface area contributed by atoms with Crippen molar-refractivity contribution in [3.63, 3.8) is 0 Å². The third kappa shape index (κ3) is 38.1. The van der Waals surface area contributed by atoms with Crippen LogP contribution in [0.5, 0.6) is 0 Å². The van der Waals surface area contributed by atoms with Crippen LogP contribution >= 0.6 is 0 Å². The summed E-state index contributed by atoms with van der Waals surface area (Å²) in [4.78, 5) is 169. The van der Waals surface area contributed by atoms with Crippen LogP contribution < -0.4 is 122 Å². The molecular formula is C52H101N27O13. The van der Waals surface area contributed by atoms with E-state index in [0.29, 0.717) is 12.8 Å². The number of unbranched alkanes of at least 4 members (excludes halogenated alkanes) is 2.